The van der Waals surface area contributed by atoms with Gasteiger partial charge in [-0.2, -0.15) is 5.10 Å². The average molecular weight is 422 g/mol. The quantitative estimate of drug-likeness (QED) is 0.630. The summed E-state index contributed by atoms with van der Waals surface area (Å²) in [5.41, 5.74) is 0.283. The number of fused-ring (bicyclic) bond motifs is 1. The molecule has 8 heteroatoms. The molecule has 2 amide bonds. The Hall–Kier alpha value is -3.13. The van der Waals surface area contributed by atoms with E-state index >= 15 is 0 Å². The average Bonchev–Trinajstić information content (AvgIpc) is 3.55. The third-order valence-electron chi connectivity index (χ3n) is 6.57. The Kier molecular flexibility index (Phi) is 4.81. The van der Waals surface area contributed by atoms with E-state index in [4.69, 9.17) is 9.47 Å². The third-order valence-corrected chi connectivity index (χ3v) is 6.57. The van der Waals surface area contributed by atoms with Crippen molar-refractivity contribution in [3.05, 3.63) is 60.4 Å². The van der Waals surface area contributed by atoms with E-state index in [9.17, 15) is 9.59 Å². The number of likely N-dealkylation sites (tertiary alicyclic amines) is 1. The van der Waals surface area contributed by atoms with Gasteiger partial charge in [0, 0.05) is 32.5 Å². The molecule has 4 heterocycles. The zero-order valence-electron chi connectivity index (χ0n) is 17.7. The van der Waals surface area contributed by atoms with Crippen LogP contribution in [-0.2, 0) is 27.4 Å². The number of carbonyl (C=O) groups excluding carboxylic acids is 2. The highest BCUT2D eigenvalue weighted by atomic mass is 16.5. The van der Waals surface area contributed by atoms with E-state index < -0.39 is 17.4 Å². The first-order valence-corrected chi connectivity index (χ1v) is 10.5. The number of aromatic nitrogens is 2. The van der Waals surface area contributed by atoms with Gasteiger partial charge in [-0.3, -0.25) is 14.3 Å². The zero-order valence-corrected chi connectivity index (χ0v) is 17.7. The number of amides is 2. The highest BCUT2D eigenvalue weighted by molar-refractivity contribution is 5.93. The summed E-state index contributed by atoms with van der Waals surface area (Å²) in [6, 6.07) is 9.55. The second kappa shape index (κ2) is 7.53. The minimum atomic E-state index is -0.705. The fourth-order valence-electron chi connectivity index (χ4n) is 5.04. The number of hydrogen-bond donors (Lipinski definition) is 0. The number of methoxy groups -OCH3 is 1. The summed E-state index contributed by atoms with van der Waals surface area (Å²) >= 11 is 0. The maximum absolute atomic E-state index is 13.4. The smallest absolute Gasteiger partial charge is 0.230 e. The van der Waals surface area contributed by atoms with Crippen molar-refractivity contribution < 1.29 is 19.1 Å². The summed E-state index contributed by atoms with van der Waals surface area (Å²) in [5.74, 6) is -0.284. The van der Waals surface area contributed by atoms with Crippen LogP contribution in [0.4, 0.5) is 0 Å². The molecule has 31 heavy (non-hydrogen) atoms. The SMILES string of the molecule is COc1cccc(CN2C[C@@]34C=C[C@@H](O3)C(C(=O)N(C)CCn3cccn3)C4C2=O)c1. The molecule has 2 fully saturated rings. The molecular weight excluding hydrogens is 396 g/mol. The van der Waals surface area contributed by atoms with Gasteiger partial charge in [-0.15, -0.1) is 0 Å². The van der Waals surface area contributed by atoms with Crippen LogP contribution in [-0.4, -0.2) is 70.3 Å². The molecule has 1 aromatic heterocycles. The second-order valence-corrected chi connectivity index (χ2v) is 8.47. The summed E-state index contributed by atoms with van der Waals surface area (Å²) in [6.45, 7) is 2.05. The Labute approximate surface area is 181 Å². The largest absolute Gasteiger partial charge is 0.497 e. The van der Waals surface area contributed by atoms with Crippen molar-refractivity contribution in [1.29, 1.82) is 0 Å². The van der Waals surface area contributed by atoms with Crippen molar-refractivity contribution in [3.63, 3.8) is 0 Å². The fraction of sp³-hybridized carbons (Fsp3) is 0.435. The van der Waals surface area contributed by atoms with E-state index in [0.717, 1.165) is 11.3 Å². The molecule has 8 nitrogen and oxygen atoms in total. The first-order valence-electron chi connectivity index (χ1n) is 10.5. The zero-order chi connectivity index (χ0) is 21.6. The van der Waals surface area contributed by atoms with Crippen molar-refractivity contribution in [1.82, 2.24) is 19.6 Å². The molecule has 2 bridgehead atoms. The van der Waals surface area contributed by atoms with Gasteiger partial charge in [-0.1, -0.05) is 24.3 Å². The lowest BCUT2D eigenvalue weighted by molar-refractivity contribution is -0.142. The van der Waals surface area contributed by atoms with E-state index in [-0.39, 0.29) is 17.9 Å². The molecule has 1 spiro atoms. The summed E-state index contributed by atoms with van der Waals surface area (Å²) in [7, 11) is 3.40. The van der Waals surface area contributed by atoms with Gasteiger partial charge in [0.1, 0.15) is 11.4 Å². The Morgan fingerprint density at radius 2 is 2.26 bits per heavy atom. The molecule has 1 aromatic carbocycles. The number of likely N-dealkylation sites (N-methyl/N-ethyl adjacent to an activating group) is 1. The normalized spacial score (nSPS) is 28.3. The third kappa shape index (κ3) is 3.31. The maximum Gasteiger partial charge on any atom is 0.230 e. The van der Waals surface area contributed by atoms with Gasteiger partial charge in [0.25, 0.3) is 0 Å². The predicted octanol–water partition coefficient (Wildman–Crippen LogP) is 1.33. The lowest BCUT2D eigenvalue weighted by Gasteiger charge is -2.27. The first-order chi connectivity index (χ1) is 15.0. The molecule has 2 aromatic rings. The number of nitrogens with zero attached hydrogens (tertiary/aromatic N) is 4. The van der Waals surface area contributed by atoms with Crippen LogP contribution in [0, 0.1) is 11.8 Å². The number of ether oxygens (including phenoxy) is 2. The summed E-state index contributed by atoms with van der Waals surface area (Å²) in [5, 5.41) is 4.18. The molecule has 5 rings (SSSR count). The van der Waals surface area contributed by atoms with E-state index in [0.29, 0.717) is 26.2 Å². The monoisotopic (exact) mass is 422 g/mol. The van der Waals surface area contributed by atoms with Crippen molar-refractivity contribution in [2.24, 2.45) is 11.8 Å². The van der Waals surface area contributed by atoms with Crippen LogP contribution in [0.25, 0.3) is 0 Å². The van der Waals surface area contributed by atoms with Crippen molar-refractivity contribution >= 4 is 11.8 Å². The highest BCUT2D eigenvalue weighted by Gasteiger charge is 2.67. The van der Waals surface area contributed by atoms with Gasteiger partial charge in [0.2, 0.25) is 11.8 Å². The molecule has 3 aliphatic rings. The van der Waals surface area contributed by atoms with Gasteiger partial charge in [0.05, 0.1) is 38.1 Å². The molecule has 0 aliphatic carbocycles. The first kappa shape index (κ1) is 19.8. The van der Waals surface area contributed by atoms with Crippen LogP contribution in [0.1, 0.15) is 5.56 Å². The molecule has 0 N–H and O–H groups in total. The summed E-state index contributed by atoms with van der Waals surface area (Å²) in [6.07, 6.45) is 7.18. The van der Waals surface area contributed by atoms with Crippen LogP contribution in [0.2, 0.25) is 0 Å². The molecule has 2 saturated heterocycles. The topological polar surface area (TPSA) is 76.9 Å². The van der Waals surface area contributed by atoms with Crippen LogP contribution >= 0.6 is 0 Å². The van der Waals surface area contributed by atoms with Crippen molar-refractivity contribution in [3.8, 4) is 5.75 Å². The van der Waals surface area contributed by atoms with E-state index in [1.54, 1.807) is 34.8 Å². The molecule has 0 saturated carbocycles. The minimum absolute atomic E-state index is 0.0199. The number of hydrogen-bond acceptors (Lipinski definition) is 5. The van der Waals surface area contributed by atoms with Crippen molar-refractivity contribution in [2.45, 2.75) is 24.8 Å². The van der Waals surface area contributed by atoms with Gasteiger partial charge in [-0.05, 0) is 23.8 Å². The lowest BCUT2D eigenvalue weighted by atomic mass is 9.76. The molecule has 2 unspecified atom stereocenters. The van der Waals surface area contributed by atoms with Gasteiger partial charge in [0.15, 0.2) is 0 Å². The fourth-order valence-corrected chi connectivity index (χ4v) is 5.04. The Balaban J connectivity index is 1.32. The molecule has 0 radical (unpaired) electrons. The number of rotatable bonds is 7. The van der Waals surface area contributed by atoms with Crippen LogP contribution in [0.15, 0.2) is 54.9 Å². The van der Waals surface area contributed by atoms with Crippen LogP contribution in [0.3, 0.4) is 0 Å². The Bertz CT molecular complexity index is 1020. The molecule has 162 valence electrons. The molecular formula is C23H26N4O4. The van der Waals surface area contributed by atoms with E-state index in [2.05, 4.69) is 5.10 Å². The van der Waals surface area contributed by atoms with E-state index in [1.807, 2.05) is 48.7 Å². The summed E-state index contributed by atoms with van der Waals surface area (Å²) < 4.78 is 13.3. The number of benzene rings is 1. The maximum atomic E-state index is 13.4. The van der Waals surface area contributed by atoms with Crippen molar-refractivity contribution in [2.75, 3.05) is 27.2 Å². The standard InChI is InChI=1S/C23H26N4O4/c1-25(11-12-27-10-4-9-24-27)21(28)19-18-7-8-23(31-18)15-26(22(29)20(19)23)14-16-5-3-6-17(13-16)30-2/h3-10,13,18-20H,11-12,14-15H2,1-2H3/t18-,19?,20?,23-/m1/s1. The molecule has 3 aliphatic heterocycles. The van der Waals surface area contributed by atoms with Gasteiger partial charge >= 0.3 is 0 Å². The Morgan fingerprint density at radius 1 is 1.39 bits per heavy atom. The lowest BCUT2D eigenvalue weighted by Crippen LogP contribution is -2.45. The second-order valence-electron chi connectivity index (χ2n) is 8.47. The Morgan fingerprint density at radius 3 is 3.03 bits per heavy atom. The highest BCUT2D eigenvalue weighted by Crippen LogP contribution is 2.52. The van der Waals surface area contributed by atoms with Gasteiger partial charge < -0.3 is 19.3 Å². The molecule has 4 atom stereocenters. The van der Waals surface area contributed by atoms with Crippen LogP contribution < -0.4 is 4.74 Å². The minimum Gasteiger partial charge on any atom is -0.497 e. The predicted molar refractivity (Wildman–Crippen MR) is 112 cm³/mol. The van der Waals surface area contributed by atoms with Gasteiger partial charge in [-0.25, -0.2) is 0 Å². The number of carbonyl (C=O) groups is 2. The summed E-state index contributed by atoms with van der Waals surface area (Å²) in [4.78, 5) is 30.2. The van der Waals surface area contributed by atoms with E-state index in [1.165, 1.54) is 0 Å². The van der Waals surface area contributed by atoms with Crippen LogP contribution in [0.5, 0.6) is 5.75 Å².